The van der Waals surface area contributed by atoms with E-state index in [9.17, 15) is 13.6 Å². The van der Waals surface area contributed by atoms with Crippen molar-refractivity contribution >= 4 is 23.2 Å². The van der Waals surface area contributed by atoms with E-state index in [1.54, 1.807) is 16.8 Å². The van der Waals surface area contributed by atoms with Gasteiger partial charge in [0, 0.05) is 44.3 Å². The van der Waals surface area contributed by atoms with Crippen molar-refractivity contribution in [3.8, 4) is 11.3 Å². The zero-order chi connectivity index (χ0) is 19.8. The van der Waals surface area contributed by atoms with Crippen LogP contribution in [0.25, 0.3) is 17.0 Å². The van der Waals surface area contributed by atoms with E-state index in [-0.39, 0.29) is 12.1 Å². The van der Waals surface area contributed by atoms with E-state index in [0.29, 0.717) is 30.1 Å². The van der Waals surface area contributed by atoms with E-state index in [1.807, 2.05) is 25.2 Å². The van der Waals surface area contributed by atoms with Crippen LogP contribution in [-0.4, -0.2) is 58.7 Å². The Labute approximate surface area is 160 Å². The summed E-state index contributed by atoms with van der Waals surface area (Å²) in [5.74, 6) is -0.0141. The molecule has 7 nitrogen and oxygen atoms in total. The number of anilines is 2. The number of hydrogen-bond donors (Lipinski definition) is 1. The van der Waals surface area contributed by atoms with Crippen molar-refractivity contribution in [1.82, 2.24) is 19.3 Å². The van der Waals surface area contributed by atoms with Crippen molar-refractivity contribution in [2.24, 2.45) is 0 Å². The molecule has 1 fully saturated rings. The Bertz CT molecular complexity index is 1030. The number of carbonyl (C=O) groups excluding carboxylic acids is 1. The van der Waals surface area contributed by atoms with Crippen molar-refractivity contribution in [3.63, 3.8) is 0 Å². The lowest BCUT2D eigenvalue weighted by atomic mass is 10.1. The van der Waals surface area contributed by atoms with Gasteiger partial charge in [-0.05, 0) is 24.6 Å². The van der Waals surface area contributed by atoms with Crippen LogP contribution in [0.15, 0.2) is 36.8 Å². The Morgan fingerprint density at radius 2 is 2.14 bits per heavy atom. The monoisotopic (exact) mass is 386 g/mol. The first-order valence-corrected chi connectivity index (χ1v) is 8.93. The Hall–Kier alpha value is -3.23. The summed E-state index contributed by atoms with van der Waals surface area (Å²) in [5, 5.41) is 2.70. The second-order valence-corrected chi connectivity index (χ2v) is 7.00. The second-order valence-electron chi connectivity index (χ2n) is 7.00. The van der Waals surface area contributed by atoms with Crippen LogP contribution in [0.4, 0.5) is 25.0 Å². The lowest BCUT2D eigenvalue weighted by Crippen LogP contribution is -2.33. The molecular formula is C19H20F2N6O. The first-order chi connectivity index (χ1) is 13.4. The van der Waals surface area contributed by atoms with Crippen LogP contribution in [0.2, 0.25) is 0 Å². The molecule has 2 aromatic heterocycles. The number of benzene rings is 1. The lowest BCUT2D eigenvalue weighted by molar-refractivity contribution is 0.218. The van der Waals surface area contributed by atoms with Gasteiger partial charge < -0.3 is 15.1 Å². The van der Waals surface area contributed by atoms with Gasteiger partial charge in [0.15, 0.2) is 0 Å². The number of fused-ring (bicyclic) bond motifs is 1. The van der Waals surface area contributed by atoms with Gasteiger partial charge in [-0.2, -0.15) is 0 Å². The van der Waals surface area contributed by atoms with E-state index < -0.39 is 18.0 Å². The summed E-state index contributed by atoms with van der Waals surface area (Å²) < 4.78 is 29.5. The molecule has 1 aliphatic heterocycles. The third kappa shape index (κ3) is 3.47. The molecule has 1 aromatic carbocycles. The van der Waals surface area contributed by atoms with Crippen LogP contribution in [0.3, 0.4) is 0 Å². The summed E-state index contributed by atoms with van der Waals surface area (Å²) in [6, 6.07) is 3.86. The van der Waals surface area contributed by atoms with E-state index in [1.165, 1.54) is 23.1 Å². The van der Waals surface area contributed by atoms with Gasteiger partial charge in [0.2, 0.25) is 5.78 Å². The van der Waals surface area contributed by atoms with E-state index in [2.05, 4.69) is 15.3 Å². The van der Waals surface area contributed by atoms with Crippen LogP contribution < -0.4 is 10.2 Å². The second kappa shape index (κ2) is 7.06. The summed E-state index contributed by atoms with van der Waals surface area (Å²) in [6.07, 6.45) is 4.57. The number of amides is 2. The van der Waals surface area contributed by atoms with Gasteiger partial charge in [-0.15, -0.1) is 0 Å². The quantitative estimate of drug-likeness (QED) is 0.751. The molecule has 9 heteroatoms. The minimum absolute atomic E-state index is 0.0756. The van der Waals surface area contributed by atoms with Crippen molar-refractivity contribution in [2.75, 3.05) is 37.4 Å². The molecule has 0 saturated carbocycles. The van der Waals surface area contributed by atoms with E-state index in [0.717, 1.165) is 5.69 Å². The van der Waals surface area contributed by atoms with Crippen LogP contribution in [0.5, 0.6) is 0 Å². The topological polar surface area (TPSA) is 65.8 Å². The molecule has 0 aliphatic carbocycles. The largest absolute Gasteiger partial charge is 0.375 e. The molecule has 146 valence electrons. The Balaban J connectivity index is 1.62. The van der Waals surface area contributed by atoms with Crippen LogP contribution in [0, 0.1) is 5.82 Å². The van der Waals surface area contributed by atoms with Crippen LogP contribution in [0.1, 0.15) is 6.42 Å². The predicted octanol–water partition coefficient (Wildman–Crippen LogP) is 3.18. The highest BCUT2D eigenvalue weighted by atomic mass is 19.1. The summed E-state index contributed by atoms with van der Waals surface area (Å²) in [7, 11) is 3.80. The fraction of sp³-hybridized carbons (Fsp3) is 0.316. The first-order valence-electron chi connectivity index (χ1n) is 8.93. The summed E-state index contributed by atoms with van der Waals surface area (Å²) in [4.78, 5) is 24.2. The molecule has 0 bridgehead atoms. The standard InChI is InChI=1S/C19H20F2N6O/c1-25(2)14-8-22-18-24-17(11-27(18)10-14)15-7-13(3-4-16(15)21)23-19(28)26-6-5-12(20)9-26/h3-4,7-8,10-12H,5-6,9H2,1-2H3,(H,23,28). The molecule has 1 unspecified atom stereocenters. The highest BCUT2D eigenvalue weighted by Gasteiger charge is 2.26. The Morgan fingerprint density at radius 3 is 2.86 bits per heavy atom. The lowest BCUT2D eigenvalue weighted by Gasteiger charge is -2.16. The number of halogens is 2. The van der Waals surface area contributed by atoms with Crippen LogP contribution >= 0.6 is 0 Å². The van der Waals surface area contributed by atoms with Gasteiger partial charge in [0.1, 0.15) is 12.0 Å². The third-order valence-corrected chi connectivity index (χ3v) is 4.72. The molecule has 3 aromatic rings. The Kier molecular flexibility index (Phi) is 4.58. The molecule has 2 amide bonds. The van der Waals surface area contributed by atoms with Gasteiger partial charge in [0.25, 0.3) is 0 Å². The van der Waals surface area contributed by atoms with Crippen molar-refractivity contribution < 1.29 is 13.6 Å². The minimum Gasteiger partial charge on any atom is -0.375 e. The molecule has 1 aliphatic rings. The van der Waals surface area contributed by atoms with Gasteiger partial charge in [-0.1, -0.05) is 0 Å². The maximum Gasteiger partial charge on any atom is 0.321 e. The van der Waals surface area contributed by atoms with Crippen molar-refractivity contribution in [1.29, 1.82) is 0 Å². The molecule has 1 N–H and O–H groups in total. The third-order valence-electron chi connectivity index (χ3n) is 4.72. The summed E-state index contributed by atoms with van der Waals surface area (Å²) >= 11 is 0. The fourth-order valence-electron chi connectivity index (χ4n) is 3.14. The number of alkyl halides is 1. The molecule has 4 rings (SSSR count). The fourth-order valence-corrected chi connectivity index (χ4v) is 3.14. The van der Waals surface area contributed by atoms with E-state index in [4.69, 9.17) is 0 Å². The number of rotatable bonds is 3. The number of urea groups is 1. The highest BCUT2D eigenvalue weighted by Crippen LogP contribution is 2.26. The zero-order valence-corrected chi connectivity index (χ0v) is 15.6. The number of nitrogens with zero attached hydrogens (tertiary/aromatic N) is 5. The number of likely N-dealkylation sites (tertiary alicyclic amines) is 1. The molecule has 28 heavy (non-hydrogen) atoms. The summed E-state index contributed by atoms with van der Waals surface area (Å²) in [5.41, 5.74) is 1.96. The van der Waals surface area contributed by atoms with Gasteiger partial charge in [0.05, 0.1) is 24.1 Å². The smallest absolute Gasteiger partial charge is 0.321 e. The maximum absolute atomic E-state index is 14.4. The molecule has 0 radical (unpaired) electrons. The SMILES string of the molecule is CN(C)c1cnc2nc(-c3cc(NC(=O)N4CCC(F)C4)ccc3F)cn2c1. The van der Waals surface area contributed by atoms with Crippen LogP contribution in [-0.2, 0) is 0 Å². The van der Waals surface area contributed by atoms with Gasteiger partial charge in [-0.3, -0.25) is 4.40 Å². The normalized spacial score (nSPS) is 16.6. The molecule has 0 spiro atoms. The Morgan fingerprint density at radius 1 is 1.32 bits per heavy atom. The average Bonchev–Trinajstić information content (AvgIpc) is 3.28. The van der Waals surface area contributed by atoms with Gasteiger partial charge in [-0.25, -0.2) is 23.5 Å². The van der Waals surface area contributed by atoms with Crippen molar-refractivity contribution in [2.45, 2.75) is 12.6 Å². The highest BCUT2D eigenvalue weighted by molar-refractivity contribution is 5.90. The summed E-state index contributed by atoms with van der Waals surface area (Å²) in [6.45, 7) is 0.444. The number of hydrogen-bond acceptors (Lipinski definition) is 4. The number of carbonyl (C=O) groups is 1. The predicted molar refractivity (Wildman–Crippen MR) is 103 cm³/mol. The molecular weight excluding hydrogens is 366 g/mol. The van der Waals surface area contributed by atoms with E-state index >= 15 is 0 Å². The number of aromatic nitrogens is 3. The molecule has 1 saturated heterocycles. The van der Waals surface area contributed by atoms with Gasteiger partial charge >= 0.3 is 6.03 Å². The first kappa shape index (κ1) is 18.1. The minimum atomic E-state index is -0.993. The average molecular weight is 386 g/mol. The number of imidazole rings is 1. The van der Waals surface area contributed by atoms with Crippen molar-refractivity contribution in [3.05, 3.63) is 42.6 Å². The number of nitrogens with one attached hydrogen (secondary N) is 1. The molecule has 3 heterocycles. The molecule has 1 atom stereocenters. The zero-order valence-electron chi connectivity index (χ0n) is 15.6. The maximum atomic E-state index is 14.4.